The van der Waals surface area contributed by atoms with Crippen LogP contribution in [0.4, 0.5) is 4.39 Å². The van der Waals surface area contributed by atoms with Crippen molar-refractivity contribution in [2.75, 3.05) is 0 Å². The number of rotatable bonds is 4. The van der Waals surface area contributed by atoms with Crippen LogP contribution in [0, 0.1) is 5.82 Å². The maximum absolute atomic E-state index is 12.9. The predicted molar refractivity (Wildman–Crippen MR) is 83.7 cm³/mol. The normalized spacial score (nSPS) is 10.6. The summed E-state index contributed by atoms with van der Waals surface area (Å²) in [5.74, 6) is -1.21. The number of hydrogen-bond acceptors (Lipinski definition) is 3. The Balaban J connectivity index is 1.83. The number of aromatic carboxylic acids is 1. The average Bonchev–Trinajstić information content (AvgIpc) is 2.98. The molecule has 0 aliphatic carbocycles. The van der Waals surface area contributed by atoms with Crippen LogP contribution in [0.25, 0.3) is 11.3 Å². The van der Waals surface area contributed by atoms with Crippen LogP contribution in [-0.2, 0) is 6.42 Å². The fourth-order valence-electron chi connectivity index (χ4n) is 2.11. The number of carboxylic acid groups (broad SMARTS) is 1. The first-order chi connectivity index (χ1) is 10.6. The lowest BCUT2D eigenvalue weighted by atomic mass is 10.1. The summed E-state index contributed by atoms with van der Waals surface area (Å²) in [4.78, 5) is 15.5. The highest BCUT2D eigenvalue weighted by Gasteiger charge is 2.08. The molecule has 0 bridgehead atoms. The van der Waals surface area contributed by atoms with Gasteiger partial charge in [-0.05, 0) is 29.8 Å². The van der Waals surface area contributed by atoms with Crippen molar-refractivity contribution in [2.45, 2.75) is 6.42 Å². The minimum absolute atomic E-state index is 0.241. The number of nitrogens with zero attached hydrogens (tertiary/aromatic N) is 1. The maximum Gasteiger partial charge on any atom is 0.335 e. The molecule has 3 nitrogen and oxygen atoms in total. The molecule has 1 N–H and O–H groups in total. The van der Waals surface area contributed by atoms with Crippen LogP contribution in [0.15, 0.2) is 53.9 Å². The highest BCUT2D eigenvalue weighted by Crippen LogP contribution is 2.24. The third kappa shape index (κ3) is 3.20. The minimum Gasteiger partial charge on any atom is -0.478 e. The molecule has 5 heteroatoms. The molecule has 1 heterocycles. The van der Waals surface area contributed by atoms with Crippen molar-refractivity contribution in [3.63, 3.8) is 0 Å². The Morgan fingerprint density at radius 1 is 1.18 bits per heavy atom. The van der Waals surface area contributed by atoms with E-state index in [1.165, 1.54) is 23.5 Å². The van der Waals surface area contributed by atoms with Crippen molar-refractivity contribution in [3.8, 4) is 11.3 Å². The molecular weight excluding hydrogens is 301 g/mol. The van der Waals surface area contributed by atoms with E-state index in [4.69, 9.17) is 5.11 Å². The Morgan fingerprint density at radius 3 is 2.68 bits per heavy atom. The lowest BCUT2D eigenvalue weighted by Gasteiger charge is -1.99. The molecule has 0 saturated carbocycles. The third-order valence-corrected chi connectivity index (χ3v) is 4.07. The summed E-state index contributed by atoms with van der Waals surface area (Å²) < 4.78 is 12.9. The maximum atomic E-state index is 12.9. The molecule has 0 spiro atoms. The SMILES string of the molecule is O=C(O)c1cccc(-c2csc(Cc3ccc(F)cc3)n2)c1. The van der Waals surface area contributed by atoms with Crippen molar-refractivity contribution < 1.29 is 14.3 Å². The summed E-state index contributed by atoms with van der Waals surface area (Å²) in [6, 6.07) is 13.0. The molecule has 3 aromatic rings. The molecule has 110 valence electrons. The number of benzene rings is 2. The number of aromatic nitrogens is 1. The summed E-state index contributed by atoms with van der Waals surface area (Å²) in [6.45, 7) is 0. The quantitative estimate of drug-likeness (QED) is 0.784. The van der Waals surface area contributed by atoms with E-state index in [1.807, 2.05) is 11.4 Å². The summed E-state index contributed by atoms with van der Waals surface area (Å²) in [5.41, 5.74) is 2.76. The van der Waals surface area contributed by atoms with Crippen LogP contribution in [-0.4, -0.2) is 16.1 Å². The zero-order chi connectivity index (χ0) is 15.5. The highest BCUT2D eigenvalue weighted by molar-refractivity contribution is 7.10. The van der Waals surface area contributed by atoms with Gasteiger partial charge in [0.2, 0.25) is 0 Å². The van der Waals surface area contributed by atoms with E-state index in [9.17, 15) is 9.18 Å². The lowest BCUT2D eigenvalue weighted by Crippen LogP contribution is -1.95. The van der Waals surface area contributed by atoms with E-state index >= 15 is 0 Å². The molecule has 0 aliphatic rings. The number of hydrogen-bond donors (Lipinski definition) is 1. The van der Waals surface area contributed by atoms with E-state index in [2.05, 4.69) is 4.98 Å². The van der Waals surface area contributed by atoms with Gasteiger partial charge in [-0.3, -0.25) is 0 Å². The predicted octanol–water partition coefficient (Wildman–Crippen LogP) is 4.24. The number of carboxylic acids is 1. The van der Waals surface area contributed by atoms with Crippen LogP contribution in [0.3, 0.4) is 0 Å². The van der Waals surface area contributed by atoms with Gasteiger partial charge in [-0.15, -0.1) is 11.3 Å². The van der Waals surface area contributed by atoms with Crippen LogP contribution >= 0.6 is 11.3 Å². The molecule has 0 amide bonds. The van der Waals surface area contributed by atoms with Gasteiger partial charge >= 0.3 is 5.97 Å². The fraction of sp³-hybridized carbons (Fsp3) is 0.0588. The van der Waals surface area contributed by atoms with E-state index < -0.39 is 5.97 Å². The molecule has 22 heavy (non-hydrogen) atoms. The first-order valence-electron chi connectivity index (χ1n) is 6.64. The monoisotopic (exact) mass is 313 g/mol. The van der Waals surface area contributed by atoms with Gasteiger partial charge in [0, 0.05) is 17.4 Å². The van der Waals surface area contributed by atoms with Gasteiger partial charge in [-0.25, -0.2) is 14.2 Å². The molecule has 3 rings (SSSR count). The van der Waals surface area contributed by atoms with Crippen molar-refractivity contribution in [2.24, 2.45) is 0 Å². The van der Waals surface area contributed by atoms with E-state index in [-0.39, 0.29) is 11.4 Å². The van der Waals surface area contributed by atoms with Gasteiger partial charge in [0.05, 0.1) is 16.3 Å². The van der Waals surface area contributed by atoms with Crippen molar-refractivity contribution in [3.05, 3.63) is 75.9 Å². The van der Waals surface area contributed by atoms with Crippen LogP contribution in [0.5, 0.6) is 0 Å². The molecule has 1 aromatic heterocycles. The van der Waals surface area contributed by atoms with Crippen molar-refractivity contribution in [1.82, 2.24) is 4.98 Å². The van der Waals surface area contributed by atoms with E-state index in [0.717, 1.165) is 21.8 Å². The summed E-state index contributed by atoms with van der Waals surface area (Å²) in [5, 5.41) is 11.8. The van der Waals surface area contributed by atoms with Gasteiger partial charge in [0.15, 0.2) is 0 Å². The molecule has 2 aromatic carbocycles. The third-order valence-electron chi connectivity index (χ3n) is 3.23. The topological polar surface area (TPSA) is 50.2 Å². The van der Waals surface area contributed by atoms with Crippen molar-refractivity contribution >= 4 is 17.3 Å². The molecule has 0 saturated heterocycles. The minimum atomic E-state index is -0.955. The molecular formula is C17H12FNO2S. The first kappa shape index (κ1) is 14.4. The van der Waals surface area contributed by atoms with Gasteiger partial charge < -0.3 is 5.11 Å². The Morgan fingerprint density at radius 2 is 1.95 bits per heavy atom. The van der Waals surface area contributed by atoms with Gasteiger partial charge in [-0.2, -0.15) is 0 Å². The molecule has 0 atom stereocenters. The molecule has 0 unspecified atom stereocenters. The Hall–Kier alpha value is -2.53. The van der Waals surface area contributed by atoms with Gasteiger partial charge in [0.25, 0.3) is 0 Å². The second-order valence-corrected chi connectivity index (χ2v) is 5.76. The second-order valence-electron chi connectivity index (χ2n) is 4.82. The molecule has 0 fully saturated rings. The summed E-state index contributed by atoms with van der Waals surface area (Å²) in [7, 11) is 0. The summed E-state index contributed by atoms with van der Waals surface area (Å²) in [6.07, 6.45) is 0.629. The van der Waals surface area contributed by atoms with Crippen LogP contribution in [0.2, 0.25) is 0 Å². The van der Waals surface area contributed by atoms with Crippen LogP contribution < -0.4 is 0 Å². The standard InChI is InChI=1S/C17H12FNO2S/c18-14-6-4-11(5-7-14)8-16-19-15(10-22-16)12-2-1-3-13(9-12)17(20)21/h1-7,9-10H,8H2,(H,20,21). The smallest absolute Gasteiger partial charge is 0.335 e. The summed E-state index contributed by atoms with van der Waals surface area (Å²) >= 11 is 1.51. The Bertz CT molecular complexity index is 812. The molecule has 0 radical (unpaired) electrons. The highest BCUT2D eigenvalue weighted by atomic mass is 32.1. The fourth-order valence-corrected chi connectivity index (χ4v) is 2.95. The Labute approximate surface area is 130 Å². The Kier molecular flexibility index (Phi) is 3.98. The average molecular weight is 313 g/mol. The lowest BCUT2D eigenvalue weighted by molar-refractivity contribution is 0.0697. The van der Waals surface area contributed by atoms with Crippen LogP contribution in [0.1, 0.15) is 20.9 Å². The van der Waals surface area contributed by atoms with Gasteiger partial charge in [-0.1, -0.05) is 24.3 Å². The second kappa shape index (κ2) is 6.07. The van der Waals surface area contributed by atoms with E-state index in [1.54, 1.807) is 30.3 Å². The largest absolute Gasteiger partial charge is 0.478 e. The number of carbonyl (C=O) groups is 1. The number of thiazole rings is 1. The number of halogens is 1. The van der Waals surface area contributed by atoms with E-state index in [0.29, 0.717) is 6.42 Å². The zero-order valence-corrected chi connectivity index (χ0v) is 12.3. The zero-order valence-electron chi connectivity index (χ0n) is 11.5. The molecule has 0 aliphatic heterocycles. The first-order valence-corrected chi connectivity index (χ1v) is 7.52. The van der Waals surface area contributed by atoms with Crippen molar-refractivity contribution in [1.29, 1.82) is 0 Å². The van der Waals surface area contributed by atoms with Gasteiger partial charge in [0.1, 0.15) is 5.82 Å².